The Bertz CT molecular complexity index is 156. The van der Waals surface area contributed by atoms with Gasteiger partial charge in [0.1, 0.15) is 0 Å². The highest BCUT2D eigenvalue weighted by atomic mass is 16.2. The van der Waals surface area contributed by atoms with Gasteiger partial charge < -0.3 is 5.32 Å². The molecule has 1 saturated heterocycles. The van der Waals surface area contributed by atoms with E-state index in [9.17, 15) is 4.79 Å². The van der Waals surface area contributed by atoms with E-state index in [1.54, 1.807) is 0 Å². The summed E-state index contributed by atoms with van der Waals surface area (Å²) in [5.74, 6) is 0.660. The normalized spacial score (nSPS) is 32.2. The molecule has 0 spiro atoms. The molecule has 0 aromatic carbocycles. The topological polar surface area (TPSA) is 32.3 Å². The third-order valence-electron chi connectivity index (χ3n) is 2.26. The van der Waals surface area contributed by atoms with Crippen molar-refractivity contribution in [1.82, 2.24) is 10.2 Å². The van der Waals surface area contributed by atoms with Crippen LogP contribution in [0.1, 0.15) is 13.3 Å². The lowest BCUT2D eigenvalue weighted by Crippen LogP contribution is -2.52. The van der Waals surface area contributed by atoms with E-state index in [2.05, 4.69) is 12.2 Å². The number of nitrogens with one attached hydrogen (secondary N) is 1. The molecule has 0 aromatic heterocycles. The van der Waals surface area contributed by atoms with Crippen LogP contribution in [0.15, 0.2) is 0 Å². The molecule has 0 unspecified atom stereocenters. The fourth-order valence-corrected chi connectivity index (χ4v) is 1.69. The third kappa shape index (κ3) is 1.71. The lowest BCUT2D eigenvalue weighted by atomic mass is 9.93. The average molecular weight is 156 g/mol. The van der Waals surface area contributed by atoms with Gasteiger partial charge in [-0.15, -0.1) is 0 Å². The largest absolute Gasteiger partial charge is 0.355 e. The van der Waals surface area contributed by atoms with Crippen LogP contribution in [0.2, 0.25) is 0 Å². The highest BCUT2D eigenvalue weighted by molar-refractivity contribution is 5.82. The first-order chi connectivity index (χ1) is 5.13. The van der Waals surface area contributed by atoms with Crippen LogP contribution in [-0.4, -0.2) is 37.5 Å². The van der Waals surface area contributed by atoms with Gasteiger partial charge in [-0.05, 0) is 26.4 Å². The maximum Gasteiger partial charge on any atom is 0.237 e. The first-order valence-electron chi connectivity index (χ1n) is 4.07. The van der Waals surface area contributed by atoms with Gasteiger partial charge in [-0.25, -0.2) is 0 Å². The minimum absolute atomic E-state index is 0.0729. The molecule has 1 aliphatic rings. The molecule has 0 aromatic rings. The summed E-state index contributed by atoms with van der Waals surface area (Å²) in [5.41, 5.74) is 0. The Balaban J connectivity index is 2.63. The van der Waals surface area contributed by atoms with Crippen LogP contribution in [0.4, 0.5) is 0 Å². The standard InChI is InChI=1S/C8H16N2O/c1-6-4-5-9-8(11)7(6)10(2)3/h6-7H,4-5H2,1-3H3,(H,9,11)/t6-,7+/m0/s1. The quantitative estimate of drug-likeness (QED) is 0.583. The molecule has 1 aliphatic heterocycles. The highest BCUT2D eigenvalue weighted by Gasteiger charge is 2.29. The number of hydrogen-bond acceptors (Lipinski definition) is 2. The van der Waals surface area contributed by atoms with Gasteiger partial charge in [0, 0.05) is 6.54 Å². The van der Waals surface area contributed by atoms with Crippen molar-refractivity contribution >= 4 is 5.91 Å². The van der Waals surface area contributed by atoms with E-state index >= 15 is 0 Å². The Labute approximate surface area is 67.8 Å². The van der Waals surface area contributed by atoms with Crippen LogP contribution in [-0.2, 0) is 4.79 Å². The molecule has 1 fully saturated rings. The molecule has 1 heterocycles. The van der Waals surface area contributed by atoms with Crippen LogP contribution in [0.5, 0.6) is 0 Å². The Kier molecular flexibility index (Phi) is 2.49. The van der Waals surface area contributed by atoms with Gasteiger partial charge in [0.2, 0.25) is 5.91 Å². The molecule has 3 nitrogen and oxygen atoms in total. The lowest BCUT2D eigenvalue weighted by molar-refractivity contribution is -0.129. The van der Waals surface area contributed by atoms with Gasteiger partial charge >= 0.3 is 0 Å². The van der Waals surface area contributed by atoms with E-state index in [0.29, 0.717) is 5.92 Å². The minimum atomic E-state index is 0.0729. The number of carbonyl (C=O) groups excluding carboxylic acids is 1. The molecule has 0 saturated carbocycles. The van der Waals surface area contributed by atoms with Gasteiger partial charge in [0.05, 0.1) is 6.04 Å². The van der Waals surface area contributed by atoms with Crippen LogP contribution in [0.3, 0.4) is 0 Å². The summed E-state index contributed by atoms with van der Waals surface area (Å²) in [6.45, 7) is 2.97. The molecule has 0 aliphatic carbocycles. The van der Waals surface area contributed by atoms with Crippen LogP contribution in [0.25, 0.3) is 0 Å². The molecular weight excluding hydrogens is 140 g/mol. The summed E-state index contributed by atoms with van der Waals surface area (Å²) >= 11 is 0. The van der Waals surface area contributed by atoms with E-state index < -0.39 is 0 Å². The number of likely N-dealkylation sites (N-methyl/N-ethyl adjacent to an activating group) is 1. The summed E-state index contributed by atoms with van der Waals surface area (Å²) < 4.78 is 0. The van der Waals surface area contributed by atoms with Crippen LogP contribution in [0, 0.1) is 5.92 Å². The molecule has 1 N–H and O–H groups in total. The second kappa shape index (κ2) is 3.22. The molecular formula is C8H16N2O. The van der Waals surface area contributed by atoms with Crippen LogP contribution >= 0.6 is 0 Å². The summed E-state index contributed by atoms with van der Waals surface area (Å²) in [6, 6.07) is 0.0729. The predicted octanol–water partition coefficient (Wildman–Crippen LogP) is 0.0726. The Morgan fingerprint density at radius 1 is 1.55 bits per heavy atom. The van der Waals surface area contributed by atoms with Crippen molar-refractivity contribution in [3.63, 3.8) is 0 Å². The zero-order chi connectivity index (χ0) is 8.43. The van der Waals surface area contributed by atoms with Crippen molar-refractivity contribution in [3.8, 4) is 0 Å². The van der Waals surface area contributed by atoms with Gasteiger partial charge in [0.15, 0.2) is 0 Å². The van der Waals surface area contributed by atoms with E-state index in [4.69, 9.17) is 0 Å². The fourth-order valence-electron chi connectivity index (χ4n) is 1.69. The fraction of sp³-hybridized carbons (Fsp3) is 0.875. The SMILES string of the molecule is C[C@H]1CCNC(=O)[C@@H]1N(C)C. The van der Waals surface area contributed by atoms with Crippen molar-refractivity contribution in [2.75, 3.05) is 20.6 Å². The van der Waals surface area contributed by atoms with Gasteiger partial charge in [0.25, 0.3) is 0 Å². The highest BCUT2D eigenvalue weighted by Crippen LogP contribution is 2.15. The zero-order valence-corrected chi connectivity index (χ0v) is 7.42. The number of carbonyl (C=O) groups is 1. The summed E-state index contributed by atoms with van der Waals surface area (Å²) in [4.78, 5) is 13.3. The minimum Gasteiger partial charge on any atom is -0.355 e. The van der Waals surface area contributed by atoms with E-state index in [1.807, 2.05) is 19.0 Å². The van der Waals surface area contributed by atoms with Crippen molar-refractivity contribution in [2.45, 2.75) is 19.4 Å². The monoisotopic (exact) mass is 156 g/mol. The second-order valence-corrected chi connectivity index (χ2v) is 3.47. The van der Waals surface area contributed by atoms with Gasteiger partial charge in [-0.3, -0.25) is 9.69 Å². The van der Waals surface area contributed by atoms with Gasteiger partial charge in [-0.1, -0.05) is 6.92 Å². The Morgan fingerprint density at radius 3 is 2.55 bits per heavy atom. The molecule has 2 atom stereocenters. The summed E-state index contributed by atoms with van der Waals surface area (Å²) in [6.07, 6.45) is 1.09. The van der Waals surface area contributed by atoms with Gasteiger partial charge in [-0.2, -0.15) is 0 Å². The number of piperidine rings is 1. The molecule has 1 amide bonds. The van der Waals surface area contributed by atoms with E-state index in [1.165, 1.54) is 0 Å². The summed E-state index contributed by atoms with van der Waals surface area (Å²) in [5, 5.41) is 2.86. The second-order valence-electron chi connectivity index (χ2n) is 3.47. The Hall–Kier alpha value is -0.570. The number of rotatable bonds is 1. The van der Waals surface area contributed by atoms with Crippen LogP contribution < -0.4 is 5.32 Å². The molecule has 3 heteroatoms. The van der Waals surface area contributed by atoms with Crippen molar-refractivity contribution < 1.29 is 4.79 Å². The molecule has 1 rings (SSSR count). The average Bonchev–Trinajstić information content (AvgIpc) is 1.85. The maximum absolute atomic E-state index is 11.3. The number of amides is 1. The first-order valence-corrected chi connectivity index (χ1v) is 4.07. The Morgan fingerprint density at radius 2 is 2.18 bits per heavy atom. The zero-order valence-electron chi connectivity index (χ0n) is 7.42. The van der Waals surface area contributed by atoms with E-state index in [-0.39, 0.29) is 11.9 Å². The summed E-state index contributed by atoms with van der Waals surface area (Å²) in [7, 11) is 3.90. The third-order valence-corrected chi connectivity index (χ3v) is 2.26. The number of nitrogens with zero attached hydrogens (tertiary/aromatic N) is 1. The van der Waals surface area contributed by atoms with Crippen molar-refractivity contribution in [2.24, 2.45) is 5.92 Å². The maximum atomic E-state index is 11.3. The first kappa shape index (κ1) is 8.53. The lowest BCUT2D eigenvalue weighted by Gasteiger charge is -2.32. The molecule has 0 radical (unpaired) electrons. The predicted molar refractivity (Wildman–Crippen MR) is 44.3 cm³/mol. The number of hydrogen-bond donors (Lipinski definition) is 1. The van der Waals surface area contributed by atoms with E-state index in [0.717, 1.165) is 13.0 Å². The molecule has 64 valence electrons. The van der Waals surface area contributed by atoms with Crippen molar-refractivity contribution in [1.29, 1.82) is 0 Å². The molecule has 11 heavy (non-hydrogen) atoms. The molecule has 0 bridgehead atoms. The smallest absolute Gasteiger partial charge is 0.237 e. The van der Waals surface area contributed by atoms with Crippen molar-refractivity contribution in [3.05, 3.63) is 0 Å².